The highest BCUT2D eigenvalue weighted by Crippen LogP contribution is 2.38. The van der Waals surface area contributed by atoms with Gasteiger partial charge in [-0.15, -0.1) is 0 Å². The molecule has 0 saturated carbocycles. The fourth-order valence-electron chi connectivity index (χ4n) is 3.85. The Hall–Kier alpha value is -4.93. The van der Waals surface area contributed by atoms with Crippen LogP contribution in [-0.4, -0.2) is 44.8 Å². The van der Waals surface area contributed by atoms with Crippen LogP contribution in [0.4, 0.5) is 17.3 Å². The topological polar surface area (TPSA) is 137 Å². The minimum absolute atomic E-state index is 0.0501. The molecule has 174 valence electrons. The summed E-state index contributed by atoms with van der Waals surface area (Å²) in [5.74, 6) is -0.545. The molecule has 2 aromatic heterocycles. The Bertz CT molecular complexity index is 1580. The number of nitrogens with zero attached hydrogens (tertiary/aromatic N) is 6. The Morgan fingerprint density at radius 1 is 1.06 bits per heavy atom. The second-order valence-electron chi connectivity index (χ2n) is 7.74. The summed E-state index contributed by atoms with van der Waals surface area (Å²) in [6.45, 7) is 1.59. The van der Waals surface area contributed by atoms with Crippen molar-refractivity contribution < 1.29 is 19.1 Å². The van der Waals surface area contributed by atoms with Crippen LogP contribution in [0.3, 0.4) is 0 Å². The quantitative estimate of drug-likeness (QED) is 0.200. The Kier molecular flexibility index (Phi) is 5.49. The van der Waals surface area contributed by atoms with Crippen molar-refractivity contribution in [2.75, 3.05) is 18.6 Å². The van der Waals surface area contributed by atoms with Gasteiger partial charge in [-0.05, 0) is 41.5 Å². The average molecular weight is 470 g/mol. The number of rotatable bonds is 6. The second kappa shape index (κ2) is 8.78. The fraction of sp³-hybridized carbons (Fsp3) is 0.125. The van der Waals surface area contributed by atoms with Crippen LogP contribution in [0.5, 0.6) is 0 Å². The Labute approximate surface area is 198 Å². The summed E-state index contributed by atoms with van der Waals surface area (Å²) in [6.07, 6.45) is 0. The number of ether oxygens (including phenoxy) is 1. The molecule has 0 aliphatic rings. The molecule has 0 N–H and O–H groups in total. The van der Waals surface area contributed by atoms with E-state index >= 15 is 0 Å². The third-order valence-corrected chi connectivity index (χ3v) is 5.50. The zero-order valence-corrected chi connectivity index (χ0v) is 18.7. The van der Waals surface area contributed by atoms with Crippen LogP contribution in [0, 0.1) is 17.0 Å². The predicted octanol–water partition coefficient (Wildman–Crippen LogP) is 4.36. The molecule has 0 saturated heterocycles. The number of esters is 1. The molecular formula is C24H18N6O5. The van der Waals surface area contributed by atoms with Crippen LogP contribution in [0.15, 0.2) is 65.3 Å². The van der Waals surface area contributed by atoms with Gasteiger partial charge in [-0.3, -0.25) is 19.8 Å². The van der Waals surface area contributed by atoms with Gasteiger partial charge in [0.05, 0.1) is 23.2 Å². The number of carbonyl (C=O) groups is 1. The van der Waals surface area contributed by atoms with E-state index in [0.717, 1.165) is 16.5 Å². The average Bonchev–Trinajstić information content (AvgIpc) is 3.35. The molecule has 11 nitrogen and oxygen atoms in total. The van der Waals surface area contributed by atoms with Crippen LogP contribution >= 0.6 is 0 Å². The van der Waals surface area contributed by atoms with Gasteiger partial charge in [-0.2, -0.15) is 0 Å². The molecule has 5 aromatic rings. The summed E-state index contributed by atoms with van der Waals surface area (Å²) < 4.78 is 9.56. The normalized spacial score (nSPS) is 11.0. The van der Waals surface area contributed by atoms with Crippen LogP contribution in [0.2, 0.25) is 0 Å². The first kappa shape index (κ1) is 21.9. The van der Waals surface area contributed by atoms with Gasteiger partial charge in [0.2, 0.25) is 11.5 Å². The van der Waals surface area contributed by atoms with Crippen molar-refractivity contribution in [1.29, 1.82) is 0 Å². The molecule has 0 fully saturated rings. The molecule has 5 rings (SSSR count). The van der Waals surface area contributed by atoms with Gasteiger partial charge in [0.15, 0.2) is 0 Å². The molecule has 0 radical (unpaired) electrons. The number of methoxy groups -OCH3 is 1. The van der Waals surface area contributed by atoms with Gasteiger partial charge >= 0.3 is 11.7 Å². The van der Waals surface area contributed by atoms with E-state index in [1.54, 1.807) is 0 Å². The van der Waals surface area contributed by atoms with Crippen LogP contribution in [0.25, 0.3) is 33.2 Å². The summed E-state index contributed by atoms with van der Waals surface area (Å²) in [5.41, 5.74) is 2.90. The molecule has 0 unspecified atom stereocenters. The summed E-state index contributed by atoms with van der Waals surface area (Å²) in [4.78, 5) is 34.6. The summed E-state index contributed by atoms with van der Waals surface area (Å²) >= 11 is 0. The van der Waals surface area contributed by atoms with Crippen molar-refractivity contribution in [1.82, 2.24) is 20.3 Å². The molecule has 0 amide bonds. The lowest BCUT2D eigenvalue weighted by Crippen LogP contribution is -2.28. The fourth-order valence-corrected chi connectivity index (χ4v) is 3.85. The number of carbonyl (C=O) groups excluding carboxylic acids is 1. The third-order valence-electron chi connectivity index (χ3n) is 5.50. The maximum Gasteiger partial charge on any atom is 0.325 e. The van der Waals surface area contributed by atoms with Gasteiger partial charge in [-0.1, -0.05) is 42.0 Å². The van der Waals surface area contributed by atoms with E-state index in [2.05, 4.69) is 15.3 Å². The van der Waals surface area contributed by atoms with Crippen LogP contribution in [0.1, 0.15) is 5.56 Å². The highest BCUT2D eigenvalue weighted by Gasteiger charge is 2.30. The van der Waals surface area contributed by atoms with E-state index in [4.69, 9.17) is 14.3 Å². The van der Waals surface area contributed by atoms with Gasteiger partial charge in [0, 0.05) is 10.9 Å². The van der Waals surface area contributed by atoms with Gasteiger partial charge < -0.3 is 4.74 Å². The molecule has 0 aliphatic carbocycles. The van der Waals surface area contributed by atoms with Gasteiger partial charge in [0.1, 0.15) is 17.7 Å². The highest BCUT2D eigenvalue weighted by atomic mass is 16.6. The molecule has 3 aromatic carbocycles. The molecule has 11 heteroatoms. The molecule has 0 bridgehead atoms. The van der Waals surface area contributed by atoms with E-state index in [-0.39, 0.29) is 34.9 Å². The lowest BCUT2D eigenvalue weighted by atomic mass is 10.0. The van der Waals surface area contributed by atoms with Crippen molar-refractivity contribution in [2.45, 2.75) is 6.92 Å². The highest BCUT2D eigenvalue weighted by molar-refractivity contribution is 5.96. The van der Waals surface area contributed by atoms with Crippen molar-refractivity contribution in [3.63, 3.8) is 0 Å². The summed E-state index contributed by atoms with van der Waals surface area (Å²) in [5, 5.41) is 20.3. The SMILES string of the molecule is COC(=O)CN(c1nc(-c2ccccc2)c2cc(C)ccc2n1)c1ccc2nonc2c1[N+](=O)[O-]. The lowest BCUT2D eigenvalue weighted by molar-refractivity contribution is -0.382. The van der Waals surface area contributed by atoms with E-state index in [9.17, 15) is 14.9 Å². The first-order chi connectivity index (χ1) is 17.0. The predicted molar refractivity (Wildman–Crippen MR) is 127 cm³/mol. The summed E-state index contributed by atoms with van der Waals surface area (Å²) in [7, 11) is 1.24. The number of fused-ring (bicyclic) bond motifs is 2. The number of aromatic nitrogens is 4. The maximum absolute atomic E-state index is 12.4. The lowest BCUT2D eigenvalue weighted by Gasteiger charge is -2.22. The zero-order valence-electron chi connectivity index (χ0n) is 18.7. The van der Waals surface area contributed by atoms with Crippen molar-refractivity contribution in [3.05, 3.63) is 76.3 Å². The number of hydrogen-bond acceptors (Lipinski definition) is 10. The van der Waals surface area contributed by atoms with E-state index in [1.165, 1.54) is 24.1 Å². The van der Waals surface area contributed by atoms with Crippen LogP contribution in [-0.2, 0) is 9.53 Å². The number of nitro groups is 1. The van der Waals surface area contributed by atoms with Gasteiger partial charge in [-0.25, -0.2) is 14.6 Å². The molecule has 2 heterocycles. The first-order valence-electron chi connectivity index (χ1n) is 10.5. The Balaban J connectivity index is 1.80. The molecule has 0 atom stereocenters. The number of benzene rings is 3. The summed E-state index contributed by atoms with van der Waals surface area (Å²) in [6, 6.07) is 18.2. The number of nitro benzene ring substituents is 1. The van der Waals surface area contributed by atoms with E-state index < -0.39 is 10.9 Å². The largest absolute Gasteiger partial charge is 0.468 e. The van der Waals surface area contributed by atoms with E-state index in [1.807, 2.05) is 55.5 Å². The van der Waals surface area contributed by atoms with Crippen LogP contribution < -0.4 is 4.90 Å². The molecular weight excluding hydrogens is 452 g/mol. The maximum atomic E-state index is 12.4. The number of anilines is 2. The molecule has 35 heavy (non-hydrogen) atoms. The third kappa shape index (κ3) is 3.99. The Morgan fingerprint density at radius 3 is 2.57 bits per heavy atom. The Morgan fingerprint density at radius 2 is 1.83 bits per heavy atom. The van der Waals surface area contributed by atoms with E-state index in [0.29, 0.717) is 11.2 Å². The second-order valence-corrected chi connectivity index (χ2v) is 7.74. The zero-order chi connectivity index (χ0) is 24.5. The molecule has 0 aliphatic heterocycles. The van der Waals surface area contributed by atoms with Crippen molar-refractivity contribution in [3.8, 4) is 11.3 Å². The van der Waals surface area contributed by atoms with Gasteiger partial charge in [0.25, 0.3) is 0 Å². The monoisotopic (exact) mass is 470 g/mol. The number of aryl methyl sites for hydroxylation is 1. The minimum Gasteiger partial charge on any atom is -0.468 e. The van der Waals surface area contributed by atoms with Crippen molar-refractivity contribution in [2.24, 2.45) is 0 Å². The standard InChI is InChI=1S/C24H18N6O5/c1-14-8-9-17-16(12-14)21(15-6-4-3-5-7-15)26-24(25-17)29(13-20(31)34-2)19-11-10-18-22(28-35-27-18)23(19)30(32)33/h3-12H,13H2,1-2H3. The first-order valence-corrected chi connectivity index (χ1v) is 10.5. The number of hydrogen-bond donors (Lipinski definition) is 0. The van der Waals surface area contributed by atoms with Crippen molar-refractivity contribution >= 4 is 45.2 Å². The smallest absolute Gasteiger partial charge is 0.325 e. The molecule has 0 spiro atoms. The minimum atomic E-state index is -0.633.